The Bertz CT molecular complexity index is 1020. The van der Waals surface area contributed by atoms with Gasteiger partial charge in [0, 0.05) is 5.92 Å². The Hall–Kier alpha value is -3.66. The molecule has 7 heteroatoms. The molecular formula is C26H28N2O5. The highest BCUT2D eigenvalue weighted by Gasteiger charge is 2.64. The molecule has 1 amide bonds. The van der Waals surface area contributed by atoms with Crippen molar-refractivity contribution in [3.63, 3.8) is 0 Å². The van der Waals surface area contributed by atoms with Gasteiger partial charge in [-0.15, -0.1) is 0 Å². The first-order chi connectivity index (χ1) is 16.0. The molecule has 1 aliphatic rings. The molecule has 33 heavy (non-hydrogen) atoms. The molecule has 3 rings (SSSR count). The number of amides is 1. The van der Waals surface area contributed by atoms with Crippen molar-refractivity contribution in [3.05, 3.63) is 71.8 Å². The van der Waals surface area contributed by atoms with Crippen LogP contribution in [0.3, 0.4) is 0 Å². The van der Waals surface area contributed by atoms with Gasteiger partial charge in [0.15, 0.2) is 5.41 Å². The average molecular weight is 449 g/mol. The van der Waals surface area contributed by atoms with Crippen LogP contribution in [0.5, 0.6) is 0 Å². The first kappa shape index (κ1) is 24.0. The van der Waals surface area contributed by atoms with Gasteiger partial charge in [-0.2, -0.15) is 5.26 Å². The van der Waals surface area contributed by atoms with Crippen LogP contribution in [-0.2, 0) is 23.9 Å². The first-order valence-corrected chi connectivity index (χ1v) is 11.2. The van der Waals surface area contributed by atoms with Gasteiger partial charge in [-0.3, -0.25) is 14.4 Å². The van der Waals surface area contributed by atoms with E-state index in [-0.39, 0.29) is 13.2 Å². The van der Waals surface area contributed by atoms with Gasteiger partial charge < -0.3 is 14.8 Å². The second-order valence-corrected chi connectivity index (χ2v) is 8.00. The number of hydrogen-bond acceptors (Lipinski definition) is 6. The summed E-state index contributed by atoms with van der Waals surface area (Å²) in [4.78, 5) is 40.0. The summed E-state index contributed by atoms with van der Waals surface area (Å²) in [6.45, 7) is 3.94. The fourth-order valence-electron chi connectivity index (χ4n) is 4.32. The van der Waals surface area contributed by atoms with E-state index in [2.05, 4.69) is 11.4 Å². The van der Waals surface area contributed by atoms with Gasteiger partial charge in [-0.25, -0.2) is 0 Å². The Morgan fingerprint density at radius 3 is 2.03 bits per heavy atom. The molecular weight excluding hydrogens is 420 g/mol. The molecule has 0 spiro atoms. The number of benzene rings is 2. The largest absolute Gasteiger partial charge is 0.465 e. The van der Waals surface area contributed by atoms with Crippen molar-refractivity contribution >= 4 is 17.8 Å². The number of carbonyl (C=O) groups is 3. The summed E-state index contributed by atoms with van der Waals surface area (Å²) in [5.41, 5.74) is -0.800. The fraction of sp³-hybridized carbons (Fsp3) is 0.385. The van der Waals surface area contributed by atoms with Crippen LogP contribution in [0.4, 0.5) is 0 Å². The molecule has 1 fully saturated rings. The van der Waals surface area contributed by atoms with Crippen LogP contribution in [0.15, 0.2) is 60.7 Å². The number of piperidine rings is 1. The minimum atomic E-state index is -1.89. The van der Waals surface area contributed by atoms with Crippen molar-refractivity contribution in [1.29, 1.82) is 5.26 Å². The SMILES string of the molecule is CCCOC(=O)C1C(=O)NC(c2ccccc2)C(C#N)(C(=O)OCCC)C1c1ccccc1. The lowest BCUT2D eigenvalue weighted by Gasteiger charge is -2.46. The predicted molar refractivity (Wildman–Crippen MR) is 121 cm³/mol. The van der Waals surface area contributed by atoms with E-state index in [0.29, 0.717) is 24.0 Å². The number of ether oxygens (including phenoxy) is 2. The topological polar surface area (TPSA) is 105 Å². The van der Waals surface area contributed by atoms with E-state index in [4.69, 9.17) is 9.47 Å². The van der Waals surface area contributed by atoms with E-state index in [1.807, 2.05) is 13.8 Å². The van der Waals surface area contributed by atoms with Crippen LogP contribution in [0.1, 0.15) is 49.8 Å². The van der Waals surface area contributed by atoms with Crippen LogP contribution < -0.4 is 5.32 Å². The number of esters is 2. The summed E-state index contributed by atoms with van der Waals surface area (Å²) in [6.07, 6.45) is 1.14. The number of hydrogen-bond donors (Lipinski definition) is 1. The molecule has 0 aromatic heterocycles. The van der Waals surface area contributed by atoms with E-state index in [0.717, 1.165) is 0 Å². The fourth-order valence-corrected chi connectivity index (χ4v) is 4.32. The Kier molecular flexibility index (Phi) is 7.83. The van der Waals surface area contributed by atoms with Crippen molar-refractivity contribution in [2.24, 2.45) is 11.3 Å². The Morgan fingerprint density at radius 1 is 0.939 bits per heavy atom. The smallest absolute Gasteiger partial charge is 0.329 e. The molecule has 4 unspecified atom stereocenters. The van der Waals surface area contributed by atoms with Crippen molar-refractivity contribution in [2.75, 3.05) is 13.2 Å². The highest BCUT2D eigenvalue weighted by atomic mass is 16.5. The third-order valence-corrected chi connectivity index (χ3v) is 5.80. The van der Waals surface area contributed by atoms with Gasteiger partial charge in [-0.05, 0) is 24.0 Å². The summed E-state index contributed by atoms with van der Waals surface area (Å²) in [5.74, 6) is -4.61. The van der Waals surface area contributed by atoms with Crippen LogP contribution in [0, 0.1) is 22.7 Å². The molecule has 0 radical (unpaired) electrons. The molecule has 2 aromatic rings. The summed E-state index contributed by atoms with van der Waals surface area (Å²) in [6, 6.07) is 18.7. The zero-order valence-corrected chi connectivity index (χ0v) is 18.8. The molecule has 1 N–H and O–H groups in total. The average Bonchev–Trinajstić information content (AvgIpc) is 2.86. The van der Waals surface area contributed by atoms with Crippen LogP contribution in [0.2, 0.25) is 0 Å². The molecule has 0 aliphatic carbocycles. The van der Waals surface area contributed by atoms with E-state index in [9.17, 15) is 19.6 Å². The summed E-state index contributed by atoms with van der Waals surface area (Å²) >= 11 is 0. The van der Waals surface area contributed by atoms with Gasteiger partial charge >= 0.3 is 11.9 Å². The number of nitriles is 1. The van der Waals surface area contributed by atoms with Gasteiger partial charge in [0.05, 0.1) is 25.3 Å². The third kappa shape index (κ3) is 4.61. The molecule has 2 aromatic carbocycles. The monoisotopic (exact) mass is 448 g/mol. The molecule has 0 bridgehead atoms. The second-order valence-electron chi connectivity index (χ2n) is 8.00. The van der Waals surface area contributed by atoms with E-state index >= 15 is 0 Å². The Balaban J connectivity index is 2.26. The van der Waals surface area contributed by atoms with Crippen molar-refractivity contribution in [2.45, 2.75) is 38.6 Å². The van der Waals surface area contributed by atoms with Crippen molar-refractivity contribution < 1.29 is 23.9 Å². The Morgan fingerprint density at radius 2 is 1.48 bits per heavy atom. The quantitative estimate of drug-likeness (QED) is 0.488. The highest BCUT2D eigenvalue weighted by Crippen LogP contribution is 2.53. The molecule has 1 aliphatic heterocycles. The standard InChI is InChI=1S/C26H28N2O5/c1-3-15-32-24(30)20-21(18-11-7-5-8-12-18)26(17-27,25(31)33-16-4-2)22(28-23(20)29)19-13-9-6-10-14-19/h5-14,20-22H,3-4,15-16H2,1-2H3,(H,28,29). The minimum absolute atomic E-state index is 0.115. The maximum Gasteiger partial charge on any atom is 0.329 e. The zero-order chi connectivity index (χ0) is 23.8. The number of carbonyl (C=O) groups excluding carboxylic acids is 3. The van der Waals surface area contributed by atoms with E-state index < -0.39 is 41.1 Å². The molecule has 172 valence electrons. The molecule has 1 heterocycles. The lowest BCUT2D eigenvalue weighted by molar-refractivity contribution is -0.166. The number of rotatable bonds is 8. The van der Waals surface area contributed by atoms with Gasteiger partial charge in [0.25, 0.3) is 0 Å². The summed E-state index contributed by atoms with van der Waals surface area (Å²) < 4.78 is 10.8. The summed E-state index contributed by atoms with van der Waals surface area (Å²) in [7, 11) is 0. The highest BCUT2D eigenvalue weighted by molar-refractivity contribution is 6.02. The van der Waals surface area contributed by atoms with Gasteiger partial charge in [0.1, 0.15) is 5.92 Å². The maximum atomic E-state index is 13.6. The zero-order valence-electron chi connectivity index (χ0n) is 18.8. The summed E-state index contributed by atoms with van der Waals surface area (Å²) in [5, 5.41) is 13.4. The van der Waals surface area contributed by atoms with Crippen LogP contribution in [0.25, 0.3) is 0 Å². The normalized spacial score (nSPS) is 24.3. The van der Waals surface area contributed by atoms with E-state index in [1.54, 1.807) is 60.7 Å². The van der Waals surface area contributed by atoms with Crippen molar-refractivity contribution in [3.8, 4) is 6.07 Å². The lowest BCUT2D eigenvalue weighted by atomic mass is 9.59. The van der Waals surface area contributed by atoms with Crippen LogP contribution >= 0.6 is 0 Å². The minimum Gasteiger partial charge on any atom is -0.465 e. The maximum absolute atomic E-state index is 13.6. The first-order valence-electron chi connectivity index (χ1n) is 11.2. The number of nitrogens with one attached hydrogen (secondary N) is 1. The molecule has 7 nitrogen and oxygen atoms in total. The van der Waals surface area contributed by atoms with Gasteiger partial charge in [0.2, 0.25) is 5.91 Å². The number of nitrogens with zero attached hydrogens (tertiary/aromatic N) is 1. The van der Waals surface area contributed by atoms with Crippen molar-refractivity contribution in [1.82, 2.24) is 5.32 Å². The molecule has 1 saturated heterocycles. The second kappa shape index (κ2) is 10.8. The molecule has 0 saturated carbocycles. The predicted octanol–water partition coefficient (Wildman–Crippen LogP) is 3.67. The lowest BCUT2D eigenvalue weighted by Crippen LogP contribution is -2.60. The molecule has 4 atom stereocenters. The van der Waals surface area contributed by atoms with Gasteiger partial charge in [-0.1, -0.05) is 74.5 Å². The van der Waals surface area contributed by atoms with E-state index in [1.165, 1.54) is 0 Å². The van der Waals surface area contributed by atoms with Crippen LogP contribution in [-0.4, -0.2) is 31.1 Å². The third-order valence-electron chi connectivity index (χ3n) is 5.80. The Labute approximate surface area is 193 Å².